The Morgan fingerprint density at radius 2 is 1.80 bits per heavy atom. The zero-order chi connectivity index (χ0) is 18.0. The van der Waals surface area contributed by atoms with Gasteiger partial charge in [-0.2, -0.15) is 0 Å². The Balaban J connectivity index is 1.90. The van der Waals surface area contributed by atoms with Gasteiger partial charge in [0.25, 0.3) is 15.9 Å². The van der Waals surface area contributed by atoms with Crippen molar-refractivity contribution in [2.45, 2.75) is 18.7 Å². The Hall–Kier alpha value is -2.93. The molecule has 25 heavy (non-hydrogen) atoms. The quantitative estimate of drug-likeness (QED) is 0.780. The Morgan fingerprint density at radius 1 is 1.08 bits per heavy atom. The molecule has 0 saturated heterocycles. The molecule has 0 aliphatic heterocycles. The summed E-state index contributed by atoms with van der Waals surface area (Å²) in [7, 11) is -3.72. The number of hydrogen-bond acceptors (Lipinski definition) is 4. The molecule has 0 fully saturated rings. The van der Waals surface area contributed by atoms with Crippen LogP contribution >= 0.6 is 0 Å². The number of nitrogens with one attached hydrogen (secondary N) is 1. The number of carbonyl (C=O) groups is 1. The Kier molecular flexibility index (Phi) is 4.41. The Bertz CT molecular complexity index is 1010. The summed E-state index contributed by atoms with van der Waals surface area (Å²) in [6.07, 6.45) is 2.92. The standard InChI is InChI=1S/C18H17N3O3S/c1-13-6-8-16(9-7-13)25(23,24)21-12-15(11-14(21)2)20-18(22)17-5-3-4-10-19-17/h3-12H,1-2H3,(H,20,22). The summed E-state index contributed by atoms with van der Waals surface area (Å²) >= 11 is 0. The second-order valence-electron chi connectivity index (χ2n) is 5.65. The molecule has 7 heteroatoms. The third-order valence-electron chi connectivity index (χ3n) is 3.70. The predicted molar refractivity (Wildman–Crippen MR) is 95.1 cm³/mol. The van der Waals surface area contributed by atoms with Gasteiger partial charge in [0.1, 0.15) is 5.69 Å². The number of anilines is 1. The first kappa shape index (κ1) is 16.9. The van der Waals surface area contributed by atoms with Gasteiger partial charge in [-0.15, -0.1) is 0 Å². The number of nitrogens with zero attached hydrogens (tertiary/aromatic N) is 2. The van der Waals surface area contributed by atoms with E-state index in [2.05, 4.69) is 10.3 Å². The highest BCUT2D eigenvalue weighted by Crippen LogP contribution is 2.21. The number of hydrogen-bond donors (Lipinski definition) is 1. The summed E-state index contributed by atoms with van der Waals surface area (Å²) in [6.45, 7) is 3.56. The molecule has 1 aromatic carbocycles. The van der Waals surface area contributed by atoms with Gasteiger partial charge in [-0.05, 0) is 44.2 Å². The summed E-state index contributed by atoms with van der Waals surface area (Å²) in [5, 5.41) is 2.67. The molecule has 0 radical (unpaired) electrons. The van der Waals surface area contributed by atoms with Crippen LogP contribution in [-0.2, 0) is 10.0 Å². The molecule has 128 valence electrons. The van der Waals surface area contributed by atoms with Crippen molar-refractivity contribution in [2.75, 3.05) is 5.32 Å². The van der Waals surface area contributed by atoms with E-state index in [1.165, 1.54) is 12.4 Å². The average molecular weight is 355 g/mol. The molecule has 0 unspecified atom stereocenters. The van der Waals surface area contributed by atoms with E-state index in [0.29, 0.717) is 11.4 Å². The summed E-state index contributed by atoms with van der Waals surface area (Å²) < 4.78 is 26.7. The van der Waals surface area contributed by atoms with Gasteiger partial charge in [-0.1, -0.05) is 23.8 Å². The number of amides is 1. The molecule has 1 N–H and O–H groups in total. The van der Waals surface area contributed by atoms with Crippen molar-refractivity contribution in [3.63, 3.8) is 0 Å². The van der Waals surface area contributed by atoms with Crippen molar-refractivity contribution in [1.29, 1.82) is 0 Å². The van der Waals surface area contributed by atoms with Crippen LogP contribution in [-0.4, -0.2) is 23.3 Å². The molecule has 3 aromatic rings. The lowest BCUT2D eigenvalue weighted by Gasteiger charge is -2.08. The van der Waals surface area contributed by atoms with Crippen LogP contribution in [0.3, 0.4) is 0 Å². The van der Waals surface area contributed by atoms with Crippen LogP contribution in [0.5, 0.6) is 0 Å². The molecule has 0 bridgehead atoms. The van der Waals surface area contributed by atoms with Crippen molar-refractivity contribution in [1.82, 2.24) is 8.96 Å². The molecule has 0 spiro atoms. The third kappa shape index (κ3) is 3.46. The van der Waals surface area contributed by atoms with Gasteiger partial charge in [-0.3, -0.25) is 9.78 Å². The van der Waals surface area contributed by atoms with E-state index in [-0.39, 0.29) is 10.6 Å². The number of rotatable bonds is 4. The monoisotopic (exact) mass is 355 g/mol. The lowest BCUT2D eigenvalue weighted by Crippen LogP contribution is -2.14. The predicted octanol–water partition coefficient (Wildman–Crippen LogP) is 2.99. The van der Waals surface area contributed by atoms with Gasteiger partial charge in [0.15, 0.2) is 0 Å². The van der Waals surface area contributed by atoms with Crippen molar-refractivity contribution < 1.29 is 13.2 Å². The lowest BCUT2D eigenvalue weighted by molar-refractivity contribution is 0.102. The maximum absolute atomic E-state index is 12.8. The van der Waals surface area contributed by atoms with Crippen molar-refractivity contribution in [2.24, 2.45) is 0 Å². The summed E-state index contributed by atoms with van der Waals surface area (Å²) in [5.41, 5.74) is 2.13. The van der Waals surface area contributed by atoms with Gasteiger partial charge in [0.05, 0.1) is 10.6 Å². The molecular formula is C18H17N3O3S. The molecular weight excluding hydrogens is 338 g/mol. The number of carbonyl (C=O) groups excluding carboxylic acids is 1. The van der Waals surface area contributed by atoms with Crippen LogP contribution in [0.2, 0.25) is 0 Å². The topological polar surface area (TPSA) is 81.1 Å². The summed E-state index contributed by atoms with van der Waals surface area (Å²) in [4.78, 5) is 16.3. The highest BCUT2D eigenvalue weighted by molar-refractivity contribution is 7.90. The van der Waals surface area contributed by atoms with Crippen LogP contribution in [0.1, 0.15) is 21.7 Å². The van der Waals surface area contributed by atoms with Crippen molar-refractivity contribution in [3.05, 3.63) is 77.9 Å². The minimum absolute atomic E-state index is 0.194. The van der Waals surface area contributed by atoms with Crippen LogP contribution in [0.4, 0.5) is 5.69 Å². The normalized spacial score (nSPS) is 11.3. The first-order valence-electron chi connectivity index (χ1n) is 7.61. The third-order valence-corrected chi connectivity index (χ3v) is 5.48. The van der Waals surface area contributed by atoms with Crippen molar-refractivity contribution >= 4 is 21.6 Å². The molecule has 0 aliphatic carbocycles. The number of aryl methyl sites for hydroxylation is 2. The van der Waals surface area contributed by atoms with Gasteiger partial charge >= 0.3 is 0 Å². The summed E-state index contributed by atoms with van der Waals surface area (Å²) in [5.74, 6) is -0.398. The van der Waals surface area contributed by atoms with Crippen LogP contribution in [0.15, 0.2) is 65.8 Å². The van der Waals surface area contributed by atoms with Gasteiger partial charge < -0.3 is 5.32 Å². The molecule has 6 nitrogen and oxygen atoms in total. The van der Waals surface area contributed by atoms with E-state index in [1.54, 1.807) is 55.5 Å². The maximum atomic E-state index is 12.8. The molecule has 1 amide bonds. The molecule has 0 atom stereocenters. The first-order chi connectivity index (χ1) is 11.9. The number of pyridine rings is 1. The number of aromatic nitrogens is 2. The molecule has 3 rings (SSSR count). The fourth-order valence-corrected chi connectivity index (χ4v) is 3.79. The second-order valence-corrected chi connectivity index (χ2v) is 7.47. The summed E-state index contributed by atoms with van der Waals surface area (Å²) in [6, 6.07) is 13.2. The molecule has 2 aromatic heterocycles. The van der Waals surface area contributed by atoms with E-state index >= 15 is 0 Å². The van der Waals surface area contributed by atoms with Gasteiger partial charge in [0, 0.05) is 18.1 Å². The van der Waals surface area contributed by atoms with E-state index in [0.717, 1.165) is 9.54 Å². The zero-order valence-corrected chi connectivity index (χ0v) is 14.6. The Labute approximate surface area is 146 Å². The fourth-order valence-electron chi connectivity index (χ4n) is 2.40. The van der Waals surface area contributed by atoms with E-state index in [1.807, 2.05) is 6.92 Å². The maximum Gasteiger partial charge on any atom is 0.274 e. The highest BCUT2D eigenvalue weighted by Gasteiger charge is 2.20. The van der Waals surface area contributed by atoms with Crippen LogP contribution in [0, 0.1) is 13.8 Å². The van der Waals surface area contributed by atoms with Crippen molar-refractivity contribution in [3.8, 4) is 0 Å². The minimum Gasteiger partial charge on any atom is -0.319 e. The molecule has 2 heterocycles. The van der Waals surface area contributed by atoms with E-state index in [9.17, 15) is 13.2 Å². The van der Waals surface area contributed by atoms with Crippen LogP contribution < -0.4 is 5.32 Å². The van der Waals surface area contributed by atoms with Gasteiger partial charge in [-0.25, -0.2) is 12.4 Å². The first-order valence-corrected chi connectivity index (χ1v) is 9.05. The molecule has 0 aliphatic rings. The second kappa shape index (κ2) is 6.52. The van der Waals surface area contributed by atoms with E-state index < -0.39 is 15.9 Å². The molecule has 0 saturated carbocycles. The van der Waals surface area contributed by atoms with E-state index in [4.69, 9.17) is 0 Å². The number of benzene rings is 1. The van der Waals surface area contributed by atoms with Gasteiger partial charge in [0.2, 0.25) is 0 Å². The average Bonchev–Trinajstić information content (AvgIpc) is 2.97. The largest absolute Gasteiger partial charge is 0.319 e. The highest BCUT2D eigenvalue weighted by atomic mass is 32.2. The minimum atomic E-state index is -3.72. The smallest absolute Gasteiger partial charge is 0.274 e. The Morgan fingerprint density at radius 3 is 2.44 bits per heavy atom. The van der Waals surface area contributed by atoms with Crippen LogP contribution in [0.25, 0.3) is 0 Å². The SMILES string of the molecule is Cc1ccc(S(=O)(=O)n2cc(NC(=O)c3ccccn3)cc2C)cc1. The zero-order valence-electron chi connectivity index (χ0n) is 13.8. The fraction of sp³-hybridized carbons (Fsp3) is 0.111. The lowest BCUT2D eigenvalue weighted by atomic mass is 10.2.